The fourth-order valence-electron chi connectivity index (χ4n) is 3.26. The number of rotatable bonds is 7. The van der Waals surface area contributed by atoms with E-state index < -0.39 is 30.7 Å². The molecule has 2 aromatic heterocycles. The molecule has 1 amide bonds. The number of hydrogen-bond acceptors (Lipinski definition) is 7. The molecule has 3 heterocycles. The van der Waals surface area contributed by atoms with Crippen LogP contribution in [-0.4, -0.2) is 65.6 Å². The van der Waals surface area contributed by atoms with Gasteiger partial charge in [-0.1, -0.05) is 13.8 Å². The Balaban J connectivity index is 1.82. The van der Waals surface area contributed by atoms with Crippen LogP contribution in [0.5, 0.6) is 0 Å². The zero-order valence-electron chi connectivity index (χ0n) is 17.5. The number of nitrogens with zero attached hydrogens (tertiary/aromatic N) is 3. The molecule has 0 saturated carbocycles. The molecule has 2 unspecified atom stereocenters. The van der Waals surface area contributed by atoms with E-state index in [1.165, 1.54) is 6.20 Å². The van der Waals surface area contributed by atoms with E-state index >= 15 is 0 Å². The number of carbonyl (C=O) groups is 2. The number of carbonyl (C=O) groups excluding carboxylic acids is 2. The number of pyridine rings is 1. The summed E-state index contributed by atoms with van der Waals surface area (Å²) in [5, 5.41) is 5.51. The summed E-state index contributed by atoms with van der Waals surface area (Å²) >= 11 is 0. The van der Waals surface area contributed by atoms with Gasteiger partial charge < -0.3 is 21.4 Å². The van der Waals surface area contributed by atoms with Crippen molar-refractivity contribution in [3.05, 3.63) is 29.6 Å². The van der Waals surface area contributed by atoms with Crippen molar-refractivity contribution in [2.75, 3.05) is 19.6 Å². The monoisotopic (exact) mass is 451 g/mol. The van der Waals surface area contributed by atoms with Gasteiger partial charge in [0.25, 0.3) is 0 Å². The normalized spacial score (nSPS) is 17.3. The molecule has 3 rings (SSSR count). The minimum absolute atomic E-state index is 0.142. The number of amides is 1. The van der Waals surface area contributed by atoms with Gasteiger partial charge in [0.2, 0.25) is 5.91 Å². The third-order valence-corrected chi connectivity index (χ3v) is 4.91. The number of halogens is 3. The van der Waals surface area contributed by atoms with E-state index in [1.807, 2.05) is 5.32 Å². The Kier molecular flexibility index (Phi) is 6.92. The summed E-state index contributed by atoms with van der Waals surface area (Å²) in [7, 11) is 0. The highest BCUT2D eigenvalue weighted by atomic mass is 19.4. The molecule has 0 saturated heterocycles. The molecule has 0 aliphatic carbocycles. The van der Waals surface area contributed by atoms with Crippen LogP contribution >= 0.6 is 0 Å². The Bertz CT molecular complexity index is 1060. The number of fused-ring (bicyclic) bond motifs is 1. The van der Waals surface area contributed by atoms with Crippen molar-refractivity contribution in [1.29, 1.82) is 0 Å². The third-order valence-electron chi connectivity index (χ3n) is 4.91. The van der Waals surface area contributed by atoms with Gasteiger partial charge in [-0.15, -0.1) is 0 Å². The summed E-state index contributed by atoms with van der Waals surface area (Å²) < 4.78 is 37.4. The van der Waals surface area contributed by atoms with Gasteiger partial charge in [0, 0.05) is 35.1 Å². The summed E-state index contributed by atoms with van der Waals surface area (Å²) in [6, 6.07) is 0.232. The fraction of sp³-hybridized carbons (Fsp3) is 0.450. The van der Waals surface area contributed by atoms with Crippen molar-refractivity contribution in [1.82, 2.24) is 20.6 Å². The predicted molar refractivity (Wildman–Crippen MR) is 114 cm³/mol. The second-order valence-corrected chi connectivity index (χ2v) is 7.70. The maximum absolute atomic E-state index is 12.5. The Labute approximate surface area is 181 Å². The van der Waals surface area contributed by atoms with Crippen LogP contribution in [0.2, 0.25) is 0 Å². The number of nitrogens with one attached hydrogen (secondary N) is 3. The lowest BCUT2D eigenvalue weighted by molar-refractivity contribution is -0.140. The van der Waals surface area contributed by atoms with E-state index in [2.05, 4.69) is 25.3 Å². The molecule has 0 fully saturated rings. The van der Waals surface area contributed by atoms with Crippen LogP contribution < -0.4 is 16.4 Å². The van der Waals surface area contributed by atoms with E-state index in [0.29, 0.717) is 28.0 Å². The minimum atomic E-state index is -4.50. The number of aliphatic imine (C=N–C) groups is 2. The highest BCUT2D eigenvalue weighted by Gasteiger charge is 2.31. The zero-order valence-corrected chi connectivity index (χ0v) is 17.5. The molecule has 2 atom stereocenters. The lowest BCUT2D eigenvalue weighted by Gasteiger charge is -2.25. The Hall–Kier alpha value is -3.28. The van der Waals surface area contributed by atoms with Gasteiger partial charge in [-0.3, -0.25) is 19.6 Å². The first-order valence-corrected chi connectivity index (χ1v) is 9.97. The van der Waals surface area contributed by atoms with Gasteiger partial charge in [-0.25, -0.2) is 4.98 Å². The van der Waals surface area contributed by atoms with Crippen LogP contribution in [0.1, 0.15) is 35.8 Å². The first-order chi connectivity index (χ1) is 15.1. The summed E-state index contributed by atoms with van der Waals surface area (Å²) in [6.07, 6.45) is 0.269. The molecular weight excluding hydrogens is 427 g/mol. The summed E-state index contributed by atoms with van der Waals surface area (Å²) in [5.74, 6) is -0.945. The highest BCUT2D eigenvalue weighted by Crippen LogP contribution is 2.27. The SMILES string of the molecule is CC(C)C(NC1=NC(c2c[nH]c3ncc(C(=O)CN)cc23)C=NC1)C(=O)NCC(F)(F)F. The fourth-order valence-corrected chi connectivity index (χ4v) is 3.26. The van der Waals surface area contributed by atoms with Crippen LogP contribution in [0.25, 0.3) is 11.0 Å². The summed E-state index contributed by atoms with van der Waals surface area (Å²) in [6.45, 7) is 2.05. The van der Waals surface area contributed by atoms with Gasteiger partial charge in [-0.05, 0) is 12.0 Å². The van der Waals surface area contributed by atoms with Crippen molar-refractivity contribution in [2.24, 2.45) is 21.6 Å². The average Bonchev–Trinajstić information content (AvgIpc) is 3.18. The highest BCUT2D eigenvalue weighted by molar-refractivity contribution is 6.01. The molecule has 1 aliphatic heterocycles. The average molecular weight is 451 g/mol. The van der Waals surface area contributed by atoms with E-state index in [1.54, 1.807) is 32.3 Å². The third kappa shape index (κ3) is 5.49. The molecule has 0 spiro atoms. The second kappa shape index (κ2) is 9.47. The van der Waals surface area contributed by atoms with Crippen LogP contribution in [0.4, 0.5) is 13.2 Å². The molecule has 5 N–H and O–H groups in total. The molecule has 32 heavy (non-hydrogen) atoms. The lowest BCUT2D eigenvalue weighted by Crippen LogP contribution is -2.52. The first kappa shape index (κ1) is 23.4. The number of amidine groups is 1. The van der Waals surface area contributed by atoms with Crippen molar-refractivity contribution >= 4 is 34.8 Å². The number of aromatic nitrogens is 2. The quantitative estimate of drug-likeness (QED) is 0.473. The van der Waals surface area contributed by atoms with E-state index in [4.69, 9.17) is 5.73 Å². The number of ketones is 1. The topological polar surface area (TPSA) is 138 Å². The molecule has 0 bridgehead atoms. The second-order valence-electron chi connectivity index (χ2n) is 7.70. The maximum Gasteiger partial charge on any atom is 0.405 e. The van der Waals surface area contributed by atoms with Crippen molar-refractivity contribution in [2.45, 2.75) is 32.1 Å². The van der Waals surface area contributed by atoms with Gasteiger partial charge in [0.05, 0.1) is 13.1 Å². The van der Waals surface area contributed by atoms with Crippen molar-refractivity contribution in [3.63, 3.8) is 0 Å². The number of Topliss-reactive ketones (excluding diaryl/α,β-unsaturated/α-hetero) is 1. The maximum atomic E-state index is 12.5. The van der Waals surface area contributed by atoms with Crippen LogP contribution in [0, 0.1) is 5.92 Å². The predicted octanol–water partition coefficient (Wildman–Crippen LogP) is 1.52. The molecular formula is C20H24F3N7O2. The molecule has 9 nitrogen and oxygen atoms in total. The number of nitrogens with two attached hydrogens (primary N) is 1. The number of hydrogen-bond donors (Lipinski definition) is 4. The van der Waals surface area contributed by atoms with Gasteiger partial charge in [-0.2, -0.15) is 13.2 Å². The van der Waals surface area contributed by atoms with Gasteiger partial charge >= 0.3 is 6.18 Å². The van der Waals surface area contributed by atoms with Gasteiger partial charge in [0.1, 0.15) is 30.1 Å². The minimum Gasteiger partial charge on any atom is -0.360 e. The van der Waals surface area contributed by atoms with Gasteiger partial charge in [0.15, 0.2) is 5.78 Å². The number of aromatic amines is 1. The van der Waals surface area contributed by atoms with Crippen LogP contribution in [-0.2, 0) is 4.79 Å². The van der Waals surface area contributed by atoms with Crippen LogP contribution in [0.3, 0.4) is 0 Å². The molecule has 172 valence electrons. The van der Waals surface area contributed by atoms with E-state index in [0.717, 1.165) is 0 Å². The molecule has 12 heteroatoms. The Morgan fingerprint density at radius 2 is 2.09 bits per heavy atom. The lowest BCUT2D eigenvalue weighted by atomic mass is 10.0. The standard InChI is InChI=1S/C20H24F3N7O2/c1-10(2)17(19(32)28-9-20(21,22)23)30-16-8-25-7-14(29-16)13-6-27-18-12(13)3-11(5-26-18)15(31)4-24/h3,5-7,10,14,17H,4,8-9,24H2,1-2H3,(H,26,27)(H,28,32)(H,29,30). The van der Waals surface area contributed by atoms with Crippen molar-refractivity contribution in [3.8, 4) is 0 Å². The molecule has 2 aromatic rings. The summed E-state index contributed by atoms with van der Waals surface area (Å²) in [4.78, 5) is 40.3. The molecule has 1 aliphatic rings. The summed E-state index contributed by atoms with van der Waals surface area (Å²) in [5.41, 5.74) is 7.08. The largest absolute Gasteiger partial charge is 0.405 e. The first-order valence-electron chi connectivity index (χ1n) is 9.97. The van der Waals surface area contributed by atoms with E-state index in [9.17, 15) is 22.8 Å². The number of alkyl halides is 3. The molecule has 0 aromatic carbocycles. The smallest absolute Gasteiger partial charge is 0.360 e. The zero-order chi connectivity index (χ0) is 23.5. The van der Waals surface area contributed by atoms with Crippen molar-refractivity contribution < 1.29 is 22.8 Å². The molecule has 0 radical (unpaired) electrons. The van der Waals surface area contributed by atoms with Crippen LogP contribution in [0.15, 0.2) is 28.4 Å². The Morgan fingerprint density at radius 1 is 1.34 bits per heavy atom. The number of H-pyrrole nitrogens is 1. The Morgan fingerprint density at radius 3 is 2.75 bits per heavy atom. The van der Waals surface area contributed by atoms with E-state index in [-0.39, 0.29) is 24.8 Å².